The van der Waals surface area contributed by atoms with Crippen LogP contribution in [0.2, 0.25) is 0 Å². The number of rotatable bonds is 4. The summed E-state index contributed by atoms with van der Waals surface area (Å²) in [7, 11) is 0. The van der Waals surface area contributed by atoms with Crippen LogP contribution < -0.4 is 10.9 Å². The molecule has 2 aromatic rings. The van der Waals surface area contributed by atoms with Gasteiger partial charge in [-0.2, -0.15) is 0 Å². The summed E-state index contributed by atoms with van der Waals surface area (Å²) >= 11 is 0. The van der Waals surface area contributed by atoms with Gasteiger partial charge in [-0.3, -0.25) is 9.59 Å². The smallest absolute Gasteiger partial charge is 0.277 e. The summed E-state index contributed by atoms with van der Waals surface area (Å²) in [6, 6.07) is 7.34. The summed E-state index contributed by atoms with van der Waals surface area (Å²) in [5.41, 5.74) is 0.376. The molecule has 0 unspecified atom stereocenters. The van der Waals surface area contributed by atoms with Crippen LogP contribution >= 0.6 is 0 Å². The van der Waals surface area contributed by atoms with Gasteiger partial charge in [-0.15, -0.1) is 5.10 Å². The molecule has 1 amide bonds. The molecule has 1 saturated carbocycles. The van der Waals surface area contributed by atoms with Crippen molar-refractivity contribution in [3.8, 4) is 0 Å². The van der Waals surface area contributed by atoms with Crippen molar-refractivity contribution in [2.45, 2.75) is 52.1 Å². The number of nitrogens with one attached hydrogen (secondary N) is 1. The number of hydrogen-bond donors (Lipinski definition) is 1. The summed E-state index contributed by atoms with van der Waals surface area (Å²) < 4.78 is 1.27. The van der Waals surface area contributed by atoms with Crippen LogP contribution in [-0.2, 0) is 11.3 Å². The molecule has 1 heterocycles. The molecule has 3 rings (SSSR count). The van der Waals surface area contributed by atoms with E-state index in [1.54, 1.807) is 18.2 Å². The van der Waals surface area contributed by atoms with Crippen molar-refractivity contribution in [3.63, 3.8) is 0 Å². The third kappa shape index (κ3) is 3.47. The summed E-state index contributed by atoms with van der Waals surface area (Å²) in [5.74, 6) is 1.10. The van der Waals surface area contributed by atoms with E-state index < -0.39 is 0 Å². The fraction of sp³-hybridized carbons (Fsp3) is 0.556. The van der Waals surface area contributed by atoms with Crippen molar-refractivity contribution in [2.24, 2.45) is 11.8 Å². The second kappa shape index (κ2) is 7.11. The molecule has 128 valence electrons. The topological polar surface area (TPSA) is 76.9 Å². The minimum absolute atomic E-state index is 0.0252. The van der Waals surface area contributed by atoms with Crippen molar-refractivity contribution in [2.75, 3.05) is 0 Å². The molecule has 24 heavy (non-hydrogen) atoms. The van der Waals surface area contributed by atoms with Crippen molar-refractivity contribution in [1.29, 1.82) is 0 Å². The number of carbonyl (C=O) groups excluding carboxylic acids is 1. The Morgan fingerprint density at radius 1 is 1.29 bits per heavy atom. The molecule has 1 aliphatic carbocycles. The minimum atomic E-state index is -0.201. The van der Waals surface area contributed by atoms with Crippen LogP contribution in [0, 0.1) is 11.8 Å². The quantitative estimate of drug-likeness (QED) is 0.932. The Hall–Kier alpha value is -2.24. The zero-order valence-electron chi connectivity index (χ0n) is 14.2. The molecular weight excluding hydrogens is 304 g/mol. The van der Waals surface area contributed by atoms with Gasteiger partial charge in [-0.1, -0.05) is 44.0 Å². The average Bonchev–Trinajstić information content (AvgIpc) is 2.59. The lowest BCUT2D eigenvalue weighted by Crippen LogP contribution is -2.44. The van der Waals surface area contributed by atoms with Gasteiger partial charge in [0.2, 0.25) is 5.91 Å². The van der Waals surface area contributed by atoms with Crippen LogP contribution in [0.1, 0.15) is 39.5 Å². The monoisotopic (exact) mass is 328 g/mol. The maximum atomic E-state index is 12.4. The number of aryl methyl sites for hydroxylation is 1. The molecule has 0 spiro atoms. The first-order valence-electron chi connectivity index (χ1n) is 8.68. The lowest BCUT2D eigenvalue weighted by molar-refractivity contribution is -0.122. The second-order valence-corrected chi connectivity index (χ2v) is 6.83. The van der Waals surface area contributed by atoms with Gasteiger partial charge in [-0.05, 0) is 30.4 Å². The van der Waals surface area contributed by atoms with Gasteiger partial charge in [0.15, 0.2) is 0 Å². The van der Waals surface area contributed by atoms with Gasteiger partial charge < -0.3 is 5.32 Å². The van der Waals surface area contributed by atoms with Crippen molar-refractivity contribution < 1.29 is 4.79 Å². The van der Waals surface area contributed by atoms with Gasteiger partial charge in [0.05, 0.1) is 11.9 Å². The molecule has 0 bridgehead atoms. The zero-order chi connectivity index (χ0) is 17.1. The number of nitrogens with zero attached hydrogens (tertiary/aromatic N) is 3. The first kappa shape index (κ1) is 16.6. The molecule has 1 aromatic heterocycles. The van der Waals surface area contributed by atoms with E-state index in [1.807, 2.05) is 6.07 Å². The highest BCUT2D eigenvalue weighted by Gasteiger charge is 2.27. The summed E-state index contributed by atoms with van der Waals surface area (Å²) in [4.78, 5) is 24.6. The number of amides is 1. The van der Waals surface area contributed by atoms with E-state index in [1.165, 1.54) is 11.1 Å². The molecule has 1 N–H and O–H groups in total. The number of fused-ring (bicyclic) bond motifs is 1. The SMILES string of the molecule is C[C@H]1[C@H](C)CCC[C@H]1NC(=O)CCn1nnc2ccccc2c1=O. The largest absolute Gasteiger partial charge is 0.353 e. The number of benzene rings is 1. The molecule has 0 aliphatic heterocycles. The first-order chi connectivity index (χ1) is 11.6. The fourth-order valence-electron chi connectivity index (χ4n) is 3.44. The van der Waals surface area contributed by atoms with E-state index in [4.69, 9.17) is 0 Å². The highest BCUT2D eigenvalue weighted by atomic mass is 16.2. The molecule has 6 heteroatoms. The Morgan fingerprint density at radius 2 is 2.08 bits per heavy atom. The zero-order valence-corrected chi connectivity index (χ0v) is 14.2. The maximum absolute atomic E-state index is 12.4. The van der Waals surface area contributed by atoms with E-state index in [2.05, 4.69) is 29.5 Å². The summed E-state index contributed by atoms with van der Waals surface area (Å²) in [6.07, 6.45) is 3.67. The van der Waals surface area contributed by atoms with E-state index in [-0.39, 0.29) is 30.5 Å². The van der Waals surface area contributed by atoms with Crippen LogP contribution in [0.15, 0.2) is 29.1 Å². The Morgan fingerprint density at radius 3 is 2.92 bits per heavy atom. The third-order valence-corrected chi connectivity index (χ3v) is 5.23. The van der Waals surface area contributed by atoms with E-state index in [9.17, 15) is 9.59 Å². The molecule has 0 saturated heterocycles. The van der Waals surface area contributed by atoms with Crippen LogP contribution in [0.4, 0.5) is 0 Å². The lowest BCUT2D eigenvalue weighted by atomic mass is 9.78. The predicted octanol–water partition coefficient (Wildman–Crippen LogP) is 2.12. The third-order valence-electron chi connectivity index (χ3n) is 5.23. The molecular formula is C18H24N4O2. The van der Waals surface area contributed by atoms with Crippen LogP contribution in [0.25, 0.3) is 10.9 Å². The van der Waals surface area contributed by atoms with Gasteiger partial charge in [-0.25, -0.2) is 4.68 Å². The lowest BCUT2D eigenvalue weighted by Gasteiger charge is -2.34. The minimum Gasteiger partial charge on any atom is -0.353 e. The van der Waals surface area contributed by atoms with Gasteiger partial charge in [0, 0.05) is 12.5 Å². The summed E-state index contributed by atoms with van der Waals surface area (Å²) in [6.45, 7) is 4.69. The standard InChI is InChI=1S/C18H24N4O2/c1-12-6-5-9-15(13(12)2)19-17(23)10-11-22-18(24)14-7-3-4-8-16(14)20-21-22/h3-4,7-8,12-13,15H,5-6,9-11H2,1-2H3,(H,19,23)/t12-,13+,15-/m1/s1. The van der Waals surface area contributed by atoms with Crippen molar-refractivity contribution in [1.82, 2.24) is 20.3 Å². The maximum Gasteiger partial charge on any atom is 0.277 e. The molecule has 0 radical (unpaired) electrons. The Labute approximate surface area is 141 Å². The van der Waals surface area contributed by atoms with Gasteiger partial charge in [0.1, 0.15) is 5.52 Å². The molecule has 1 aliphatic rings. The highest BCUT2D eigenvalue weighted by molar-refractivity contribution is 5.77. The normalized spacial score (nSPS) is 24.0. The van der Waals surface area contributed by atoms with Gasteiger partial charge in [0.25, 0.3) is 5.56 Å². The number of aromatic nitrogens is 3. The number of carbonyl (C=O) groups is 1. The van der Waals surface area contributed by atoms with Crippen LogP contribution in [-0.4, -0.2) is 26.9 Å². The van der Waals surface area contributed by atoms with Crippen molar-refractivity contribution in [3.05, 3.63) is 34.6 Å². The predicted molar refractivity (Wildman–Crippen MR) is 92.5 cm³/mol. The van der Waals surface area contributed by atoms with E-state index in [0.29, 0.717) is 22.7 Å². The number of hydrogen-bond acceptors (Lipinski definition) is 4. The average molecular weight is 328 g/mol. The fourth-order valence-corrected chi connectivity index (χ4v) is 3.44. The summed E-state index contributed by atoms with van der Waals surface area (Å²) in [5, 5.41) is 11.6. The molecule has 1 aromatic carbocycles. The van der Waals surface area contributed by atoms with Crippen LogP contribution in [0.3, 0.4) is 0 Å². The molecule has 3 atom stereocenters. The Bertz CT molecular complexity index is 786. The Balaban J connectivity index is 1.62. The van der Waals surface area contributed by atoms with Crippen LogP contribution in [0.5, 0.6) is 0 Å². The Kier molecular flexibility index (Phi) is 4.92. The van der Waals surface area contributed by atoms with Crippen molar-refractivity contribution >= 4 is 16.8 Å². The molecule has 1 fully saturated rings. The second-order valence-electron chi connectivity index (χ2n) is 6.83. The van der Waals surface area contributed by atoms with E-state index in [0.717, 1.165) is 12.8 Å². The van der Waals surface area contributed by atoms with E-state index >= 15 is 0 Å². The molecule has 6 nitrogen and oxygen atoms in total. The van der Waals surface area contributed by atoms with Gasteiger partial charge >= 0.3 is 0 Å². The highest BCUT2D eigenvalue weighted by Crippen LogP contribution is 2.29. The first-order valence-corrected chi connectivity index (χ1v) is 8.68.